The quantitative estimate of drug-likeness (QED) is 0.643. The molecule has 0 fully saturated rings. The molecule has 0 aromatic heterocycles. The molecule has 2 amide bonds. The molecule has 5 nitrogen and oxygen atoms in total. The highest BCUT2D eigenvalue weighted by Gasteiger charge is 2.22. The van der Waals surface area contributed by atoms with Gasteiger partial charge in [0, 0.05) is 0 Å². The van der Waals surface area contributed by atoms with Gasteiger partial charge in [0.15, 0.2) is 0 Å². The molecular formula is C17H26N2O3. The van der Waals surface area contributed by atoms with Gasteiger partial charge in [-0.05, 0) is 37.2 Å². The van der Waals surface area contributed by atoms with Crippen molar-refractivity contribution in [1.29, 1.82) is 0 Å². The van der Waals surface area contributed by atoms with Crippen molar-refractivity contribution in [3.63, 3.8) is 0 Å². The maximum atomic E-state index is 11.9. The maximum Gasteiger partial charge on any atom is 0.249 e. The largest absolute Gasteiger partial charge is 0.383 e. The van der Waals surface area contributed by atoms with Crippen LogP contribution in [-0.4, -0.2) is 29.1 Å². The lowest BCUT2D eigenvalue weighted by atomic mass is 10.0. The Bertz CT molecular complexity index is 474. The summed E-state index contributed by atoms with van der Waals surface area (Å²) in [6, 6.07) is 9.18. The molecule has 0 aliphatic carbocycles. The molecule has 0 saturated heterocycles. The van der Waals surface area contributed by atoms with E-state index in [1.807, 2.05) is 44.2 Å². The summed E-state index contributed by atoms with van der Waals surface area (Å²) in [6.07, 6.45) is 1.27. The summed E-state index contributed by atoms with van der Waals surface area (Å²) in [4.78, 5) is 23.3. The van der Waals surface area contributed by atoms with Gasteiger partial charge in [0.25, 0.3) is 0 Å². The number of benzene rings is 1. The SMILES string of the molecule is CC(C)C[C@@H](O)C(=O)N[C@@H](CCCc1ccccc1)C(N)=O. The van der Waals surface area contributed by atoms with Crippen molar-refractivity contribution in [2.75, 3.05) is 0 Å². The summed E-state index contributed by atoms with van der Waals surface area (Å²) in [5.74, 6) is -0.902. The van der Waals surface area contributed by atoms with Crippen molar-refractivity contribution in [2.24, 2.45) is 11.7 Å². The molecule has 1 aromatic carbocycles. The number of nitrogens with one attached hydrogen (secondary N) is 1. The molecule has 0 aliphatic rings. The molecule has 0 radical (unpaired) electrons. The predicted octanol–water partition coefficient (Wildman–Crippen LogP) is 1.39. The van der Waals surface area contributed by atoms with E-state index in [2.05, 4.69) is 5.32 Å². The van der Waals surface area contributed by atoms with Crippen LogP contribution in [-0.2, 0) is 16.0 Å². The summed E-state index contributed by atoms with van der Waals surface area (Å²) >= 11 is 0. The lowest BCUT2D eigenvalue weighted by molar-refractivity contribution is -0.133. The second-order valence-electron chi connectivity index (χ2n) is 5.99. The maximum absolute atomic E-state index is 11.9. The van der Waals surface area contributed by atoms with Crippen molar-refractivity contribution >= 4 is 11.8 Å². The number of hydrogen-bond donors (Lipinski definition) is 3. The minimum absolute atomic E-state index is 0.200. The number of aliphatic hydroxyl groups is 1. The highest BCUT2D eigenvalue weighted by molar-refractivity contribution is 5.88. The van der Waals surface area contributed by atoms with Crippen LogP contribution < -0.4 is 11.1 Å². The number of carbonyl (C=O) groups is 2. The summed E-state index contributed by atoms with van der Waals surface area (Å²) in [7, 11) is 0. The van der Waals surface area contributed by atoms with E-state index < -0.39 is 24.0 Å². The molecule has 1 aromatic rings. The summed E-state index contributed by atoms with van der Waals surface area (Å²) in [5, 5.41) is 12.3. The van der Waals surface area contributed by atoms with Crippen molar-refractivity contribution in [3.05, 3.63) is 35.9 Å². The molecule has 5 heteroatoms. The Morgan fingerprint density at radius 3 is 2.41 bits per heavy atom. The molecular weight excluding hydrogens is 280 g/mol. The molecule has 0 bridgehead atoms. The van der Waals surface area contributed by atoms with E-state index >= 15 is 0 Å². The highest BCUT2D eigenvalue weighted by Crippen LogP contribution is 2.08. The number of rotatable bonds is 9. The molecule has 0 spiro atoms. The zero-order valence-electron chi connectivity index (χ0n) is 13.3. The second-order valence-corrected chi connectivity index (χ2v) is 5.99. The fourth-order valence-electron chi connectivity index (χ4n) is 2.26. The normalized spacial score (nSPS) is 13.6. The van der Waals surface area contributed by atoms with Gasteiger partial charge in [-0.15, -0.1) is 0 Å². The Kier molecular flexibility index (Phi) is 7.60. The molecule has 1 rings (SSSR count). The van der Waals surface area contributed by atoms with Crippen LogP contribution in [0.4, 0.5) is 0 Å². The molecule has 0 unspecified atom stereocenters. The third-order valence-corrected chi connectivity index (χ3v) is 3.46. The first-order valence-corrected chi connectivity index (χ1v) is 7.71. The average Bonchev–Trinajstić information content (AvgIpc) is 2.46. The van der Waals surface area contributed by atoms with Gasteiger partial charge in [-0.1, -0.05) is 44.2 Å². The first-order valence-electron chi connectivity index (χ1n) is 7.71. The van der Waals surface area contributed by atoms with Gasteiger partial charge in [0.2, 0.25) is 11.8 Å². The summed E-state index contributed by atoms with van der Waals surface area (Å²) < 4.78 is 0. The van der Waals surface area contributed by atoms with Crippen molar-refractivity contribution in [2.45, 2.75) is 51.7 Å². The van der Waals surface area contributed by atoms with E-state index in [1.165, 1.54) is 5.56 Å². The van der Waals surface area contributed by atoms with E-state index in [1.54, 1.807) is 0 Å². The van der Waals surface area contributed by atoms with Crippen LogP contribution in [0.25, 0.3) is 0 Å². The smallest absolute Gasteiger partial charge is 0.249 e. The number of aliphatic hydroxyl groups excluding tert-OH is 1. The van der Waals surface area contributed by atoms with Gasteiger partial charge in [-0.25, -0.2) is 0 Å². The van der Waals surface area contributed by atoms with Crippen molar-refractivity contribution in [3.8, 4) is 0 Å². The van der Waals surface area contributed by atoms with Gasteiger partial charge in [-0.2, -0.15) is 0 Å². The van der Waals surface area contributed by atoms with E-state index in [0.717, 1.165) is 12.8 Å². The number of carbonyl (C=O) groups excluding carboxylic acids is 2. The number of nitrogens with two attached hydrogens (primary N) is 1. The molecule has 122 valence electrons. The van der Waals surface area contributed by atoms with Gasteiger partial charge in [-0.3, -0.25) is 9.59 Å². The fraction of sp³-hybridized carbons (Fsp3) is 0.529. The monoisotopic (exact) mass is 306 g/mol. The first-order chi connectivity index (χ1) is 10.4. The standard InChI is InChI=1S/C17H26N2O3/c1-12(2)11-15(20)17(22)19-14(16(18)21)10-6-9-13-7-4-3-5-8-13/h3-5,7-8,12,14-15,20H,6,9-11H2,1-2H3,(H2,18,21)(H,19,22)/t14-,15+/m0/s1. The number of primary amides is 1. The molecule has 0 saturated carbocycles. The van der Waals surface area contributed by atoms with Gasteiger partial charge in [0.05, 0.1) is 0 Å². The van der Waals surface area contributed by atoms with E-state index in [4.69, 9.17) is 5.73 Å². The number of aryl methyl sites for hydroxylation is 1. The lowest BCUT2D eigenvalue weighted by Gasteiger charge is -2.19. The van der Waals surface area contributed by atoms with Crippen molar-refractivity contribution in [1.82, 2.24) is 5.32 Å². The zero-order chi connectivity index (χ0) is 16.5. The predicted molar refractivity (Wildman–Crippen MR) is 86.0 cm³/mol. The molecule has 2 atom stereocenters. The van der Waals surface area contributed by atoms with Crippen LogP contribution in [0.2, 0.25) is 0 Å². The second kappa shape index (κ2) is 9.20. The van der Waals surface area contributed by atoms with Gasteiger partial charge < -0.3 is 16.2 Å². The highest BCUT2D eigenvalue weighted by atomic mass is 16.3. The van der Waals surface area contributed by atoms with Crippen LogP contribution in [0.1, 0.15) is 38.7 Å². The Labute approximate surface area is 131 Å². The van der Waals surface area contributed by atoms with Crippen LogP contribution in [0.5, 0.6) is 0 Å². The minimum Gasteiger partial charge on any atom is -0.383 e. The summed E-state index contributed by atoms with van der Waals surface area (Å²) in [5.41, 5.74) is 6.51. The van der Waals surface area contributed by atoms with E-state index in [0.29, 0.717) is 12.8 Å². The first kappa shape index (κ1) is 18.2. The van der Waals surface area contributed by atoms with Crippen molar-refractivity contribution < 1.29 is 14.7 Å². The van der Waals surface area contributed by atoms with Gasteiger partial charge in [0.1, 0.15) is 12.1 Å². The third kappa shape index (κ3) is 6.72. The molecule has 4 N–H and O–H groups in total. The van der Waals surface area contributed by atoms with Gasteiger partial charge >= 0.3 is 0 Å². The topological polar surface area (TPSA) is 92.4 Å². The van der Waals surface area contributed by atoms with E-state index in [9.17, 15) is 14.7 Å². The Morgan fingerprint density at radius 2 is 1.86 bits per heavy atom. The Hall–Kier alpha value is -1.88. The van der Waals surface area contributed by atoms with E-state index in [-0.39, 0.29) is 5.92 Å². The molecule has 0 aliphatic heterocycles. The Morgan fingerprint density at radius 1 is 1.23 bits per heavy atom. The fourth-order valence-corrected chi connectivity index (χ4v) is 2.26. The lowest BCUT2D eigenvalue weighted by Crippen LogP contribution is -2.48. The third-order valence-electron chi connectivity index (χ3n) is 3.46. The number of amides is 2. The summed E-state index contributed by atoms with van der Waals surface area (Å²) in [6.45, 7) is 3.84. The Balaban J connectivity index is 2.45. The number of hydrogen-bond acceptors (Lipinski definition) is 3. The van der Waals surface area contributed by atoms with Crippen LogP contribution in [0.3, 0.4) is 0 Å². The minimum atomic E-state index is -1.10. The zero-order valence-corrected chi connectivity index (χ0v) is 13.3. The average molecular weight is 306 g/mol. The molecule has 0 heterocycles. The molecule has 22 heavy (non-hydrogen) atoms. The van der Waals surface area contributed by atoms with Crippen LogP contribution >= 0.6 is 0 Å². The van der Waals surface area contributed by atoms with Crippen LogP contribution in [0.15, 0.2) is 30.3 Å². The van der Waals surface area contributed by atoms with Crippen LogP contribution in [0, 0.1) is 5.92 Å².